The van der Waals surface area contributed by atoms with Crippen LogP contribution in [0.25, 0.3) is 0 Å². The summed E-state index contributed by atoms with van der Waals surface area (Å²) in [5.74, 6) is 1.20. The first-order valence-corrected chi connectivity index (χ1v) is 9.66. The predicted octanol–water partition coefficient (Wildman–Crippen LogP) is 2.78. The van der Waals surface area contributed by atoms with E-state index in [4.69, 9.17) is 14.2 Å². The summed E-state index contributed by atoms with van der Waals surface area (Å²) in [6, 6.07) is 9.83. The smallest absolute Gasteiger partial charge is 0.260 e. The molecule has 0 aliphatic carbocycles. The van der Waals surface area contributed by atoms with Gasteiger partial charge in [0.2, 0.25) is 0 Å². The molecule has 0 spiro atoms. The third kappa shape index (κ3) is 5.38. The summed E-state index contributed by atoms with van der Waals surface area (Å²) in [5.41, 5.74) is 2.48. The number of halogens is 1. The Labute approximate surface area is 170 Å². The highest BCUT2D eigenvalue weighted by atomic mass is 19.1. The van der Waals surface area contributed by atoms with Crippen molar-refractivity contribution in [1.29, 1.82) is 0 Å². The van der Waals surface area contributed by atoms with Gasteiger partial charge in [-0.3, -0.25) is 9.69 Å². The molecule has 3 rings (SSSR count). The molecule has 1 aliphatic heterocycles. The van der Waals surface area contributed by atoms with Gasteiger partial charge in [-0.05, 0) is 48.7 Å². The zero-order valence-corrected chi connectivity index (χ0v) is 17.0. The van der Waals surface area contributed by atoms with Crippen molar-refractivity contribution in [2.75, 3.05) is 33.9 Å². The number of benzene rings is 2. The second-order valence-corrected chi connectivity index (χ2v) is 7.01. The fourth-order valence-corrected chi connectivity index (χ4v) is 3.41. The van der Waals surface area contributed by atoms with E-state index in [1.54, 1.807) is 33.3 Å². The number of rotatable bonds is 8. The van der Waals surface area contributed by atoms with E-state index in [1.807, 2.05) is 12.1 Å². The lowest BCUT2D eigenvalue weighted by Gasteiger charge is -2.29. The molecule has 156 valence electrons. The predicted molar refractivity (Wildman–Crippen MR) is 108 cm³/mol. The number of amides is 1. The first-order chi connectivity index (χ1) is 14.0. The highest BCUT2D eigenvalue weighted by Crippen LogP contribution is 2.33. The molecule has 0 saturated carbocycles. The lowest BCUT2D eigenvalue weighted by molar-refractivity contribution is -0.127. The molecule has 6 nitrogen and oxygen atoms in total. The number of hydrogen-bond acceptors (Lipinski definition) is 5. The van der Waals surface area contributed by atoms with Gasteiger partial charge in [-0.25, -0.2) is 4.39 Å². The van der Waals surface area contributed by atoms with Crippen LogP contribution >= 0.6 is 0 Å². The number of nitrogens with one attached hydrogen (secondary N) is 1. The van der Waals surface area contributed by atoms with Gasteiger partial charge in [0.15, 0.2) is 17.6 Å². The molecular weight excluding hydrogens is 375 g/mol. The molecule has 0 radical (unpaired) electrons. The van der Waals surface area contributed by atoms with Gasteiger partial charge in [-0.15, -0.1) is 0 Å². The lowest BCUT2D eigenvalue weighted by Crippen LogP contribution is -2.42. The van der Waals surface area contributed by atoms with Gasteiger partial charge in [0, 0.05) is 32.2 Å². The van der Waals surface area contributed by atoms with Crippen LogP contribution in [0.2, 0.25) is 0 Å². The van der Waals surface area contributed by atoms with Crippen molar-refractivity contribution >= 4 is 5.91 Å². The van der Waals surface area contributed by atoms with Crippen LogP contribution in [0, 0.1) is 5.82 Å². The highest BCUT2D eigenvalue weighted by Gasteiger charge is 2.20. The molecule has 0 aromatic heterocycles. The molecule has 0 bridgehead atoms. The first-order valence-electron chi connectivity index (χ1n) is 9.66. The maximum absolute atomic E-state index is 13.2. The molecular formula is C22H27FN2O4. The second-order valence-electron chi connectivity index (χ2n) is 7.01. The Morgan fingerprint density at radius 1 is 1.17 bits per heavy atom. The summed E-state index contributed by atoms with van der Waals surface area (Å²) >= 11 is 0. The maximum atomic E-state index is 13.2. The standard InChI is InChI=1S/C22H27FN2O4/c1-15(29-19-6-4-5-18(23)13-19)22(26)24-8-10-25-9-7-16-11-20(27-2)21(28-3)12-17(16)14-25/h4-6,11-13,15H,7-10,14H2,1-3H3,(H,24,26). The van der Waals surface area contributed by atoms with Gasteiger partial charge < -0.3 is 19.5 Å². The Balaban J connectivity index is 1.48. The van der Waals surface area contributed by atoms with Gasteiger partial charge in [0.25, 0.3) is 5.91 Å². The van der Waals surface area contributed by atoms with Crippen LogP contribution in [0.5, 0.6) is 17.2 Å². The molecule has 7 heteroatoms. The van der Waals surface area contributed by atoms with Crippen LogP contribution in [-0.2, 0) is 17.8 Å². The largest absolute Gasteiger partial charge is 0.493 e. The Morgan fingerprint density at radius 2 is 1.90 bits per heavy atom. The van der Waals surface area contributed by atoms with Crippen molar-refractivity contribution in [2.24, 2.45) is 0 Å². The molecule has 1 aliphatic rings. The quantitative estimate of drug-likeness (QED) is 0.736. The molecule has 1 heterocycles. The van der Waals surface area contributed by atoms with Crippen LogP contribution in [0.1, 0.15) is 18.1 Å². The summed E-state index contributed by atoms with van der Waals surface area (Å²) in [7, 11) is 3.27. The molecule has 0 fully saturated rings. The van der Waals surface area contributed by atoms with Crippen LogP contribution in [-0.4, -0.2) is 50.8 Å². The molecule has 29 heavy (non-hydrogen) atoms. The van der Waals surface area contributed by atoms with Crippen molar-refractivity contribution in [3.05, 3.63) is 53.3 Å². The van der Waals surface area contributed by atoms with Crippen LogP contribution in [0.3, 0.4) is 0 Å². The average molecular weight is 402 g/mol. The Bertz CT molecular complexity index is 859. The van der Waals surface area contributed by atoms with Crippen LogP contribution in [0.4, 0.5) is 4.39 Å². The van der Waals surface area contributed by atoms with E-state index in [1.165, 1.54) is 23.3 Å². The molecule has 0 saturated heterocycles. The second kappa shape index (κ2) is 9.60. The lowest BCUT2D eigenvalue weighted by atomic mass is 9.99. The van der Waals surface area contributed by atoms with Gasteiger partial charge >= 0.3 is 0 Å². The SMILES string of the molecule is COc1cc2c(cc1OC)CN(CCNC(=O)C(C)Oc1cccc(F)c1)CC2. The minimum absolute atomic E-state index is 0.224. The summed E-state index contributed by atoms with van der Waals surface area (Å²) in [4.78, 5) is 14.5. The molecule has 1 N–H and O–H groups in total. The Hall–Kier alpha value is -2.80. The normalized spacial score (nSPS) is 14.6. The Kier molecular flexibility index (Phi) is 6.93. The monoisotopic (exact) mass is 402 g/mol. The molecule has 1 atom stereocenters. The third-order valence-electron chi connectivity index (χ3n) is 5.00. The van der Waals surface area contributed by atoms with E-state index >= 15 is 0 Å². The van der Waals surface area contributed by atoms with Crippen molar-refractivity contribution in [2.45, 2.75) is 26.0 Å². The van der Waals surface area contributed by atoms with Crippen molar-refractivity contribution in [1.82, 2.24) is 10.2 Å². The van der Waals surface area contributed by atoms with E-state index in [2.05, 4.69) is 10.2 Å². The average Bonchev–Trinajstić information content (AvgIpc) is 2.72. The van der Waals surface area contributed by atoms with E-state index in [9.17, 15) is 9.18 Å². The van der Waals surface area contributed by atoms with Gasteiger partial charge in [-0.2, -0.15) is 0 Å². The Morgan fingerprint density at radius 3 is 2.59 bits per heavy atom. The van der Waals surface area contributed by atoms with Crippen LogP contribution < -0.4 is 19.5 Å². The van der Waals surface area contributed by atoms with Crippen molar-refractivity contribution in [3.63, 3.8) is 0 Å². The van der Waals surface area contributed by atoms with Gasteiger partial charge in [0.1, 0.15) is 11.6 Å². The minimum atomic E-state index is -0.699. The van der Waals surface area contributed by atoms with E-state index in [-0.39, 0.29) is 5.91 Å². The summed E-state index contributed by atoms with van der Waals surface area (Å²) in [6.07, 6.45) is 0.221. The highest BCUT2D eigenvalue weighted by molar-refractivity contribution is 5.80. The topological polar surface area (TPSA) is 60.0 Å². The fourth-order valence-electron chi connectivity index (χ4n) is 3.41. The van der Waals surface area contributed by atoms with E-state index in [0.29, 0.717) is 12.3 Å². The van der Waals surface area contributed by atoms with Crippen molar-refractivity contribution < 1.29 is 23.4 Å². The van der Waals surface area contributed by atoms with E-state index in [0.717, 1.165) is 37.6 Å². The number of carbonyl (C=O) groups excluding carboxylic acids is 1. The molecule has 2 aromatic rings. The van der Waals surface area contributed by atoms with E-state index < -0.39 is 11.9 Å². The fraction of sp³-hybridized carbons (Fsp3) is 0.409. The molecule has 1 unspecified atom stereocenters. The number of hydrogen-bond donors (Lipinski definition) is 1. The number of fused-ring (bicyclic) bond motifs is 1. The number of ether oxygens (including phenoxy) is 3. The number of methoxy groups -OCH3 is 2. The molecule has 2 aromatic carbocycles. The van der Waals surface area contributed by atoms with Crippen LogP contribution in [0.15, 0.2) is 36.4 Å². The zero-order chi connectivity index (χ0) is 20.8. The number of carbonyl (C=O) groups is 1. The third-order valence-corrected chi connectivity index (χ3v) is 5.00. The summed E-state index contributed by atoms with van der Waals surface area (Å²) in [6.45, 7) is 4.59. The minimum Gasteiger partial charge on any atom is -0.493 e. The number of nitrogens with zero attached hydrogens (tertiary/aromatic N) is 1. The molecule has 1 amide bonds. The first kappa shape index (κ1) is 20.9. The summed E-state index contributed by atoms with van der Waals surface area (Å²) in [5, 5.41) is 2.89. The van der Waals surface area contributed by atoms with Gasteiger partial charge in [-0.1, -0.05) is 6.07 Å². The van der Waals surface area contributed by atoms with Gasteiger partial charge in [0.05, 0.1) is 14.2 Å². The summed E-state index contributed by atoms with van der Waals surface area (Å²) < 4.78 is 29.5. The van der Waals surface area contributed by atoms with Crippen molar-refractivity contribution in [3.8, 4) is 17.2 Å². The maximum Gasteiger partial charge on any atom is 0.260 e. The zero-order valence-electron chi connectivity index (χ0n) is 17.0.